The minimum Gasteiger partial charge on any atom is -0.449 e. The lowest BCUT2D eigenvalue weighted by Gasteiger charge is -2.14. The Bertz CT molecular complexity index is 1460. The first-order valence-corrected chi connectivity index (χ1v) is 14.8. The van der Waals surface area contributed by atoms with Crippen molar-refractivity contribution >= 4 is 18.0 Å². The monoisotopic (exact) mass is 632 g/mol. The molecule has 2 amide bonds. The summed E-state index contributed by atoms with van der Waals surface area (Å²) in [5.74, 6) is -14.1. The zero-order valence-electron chi connectivity index (χ0n) is 24.4. The van der Waals surface area contributed by atoms with E-state index in [1.54, 1.807) is 0 Å². The highest BCUT2D eigenvalue weighted by atomic mass is 19.2. The lowest BCUT2D eigenvalue weighted by molar-refractivity contribution is -0.135. The van der Waals surface area contributed by atoms with E-state index in [1.165, 1.54) is 0 Å². The Labute approximate surface area is 257 Å². The normalized spacial score (nSPS) is 11.9. The van der Waals surface area contributed by atoms with Gasteiger partial charge in [-0.25, -0.2) is 18.0 Å². The fourth-order valence-corrected chi connectivity index (χ4v) is 5.15. The van der Waals surface area contributed by atoms with Crippen LogP contribution in [0, 0.1) is 29.1 Å². The Morgan fingerprint density at radius 2 is 1.13 bits per heavy atom. The van der Waals surface area contributed by atoms with Gasteiger partial charge in [-0.3, -0.25) is 9.59 Å². The third kappa shape index (κ3) is 8.58. The van der Waals surface area contributed by atoms with Gasteiger partial charge in [0.1, 0.15) is 6.61 Å². The Balaban J connectivity index is 1.01. The summed E-state index contributed by atoms with van der Waals surface area (Å²) in [4.78, 5) is 36.0. The van der Waals surface area contributed by atoms with Gasteiger partial charge in [-0.05, 0) is 47.9 Å². The number of nitrogens with one attached hydrogen (secondary N) is 2. The van der Waals surface area contributed by atoms with E-state index in [1.807, 2.05) is 24.3 Å². The van der Waals surface area contributed by atoms with E-state index in [9.17, 15) is 36.3 Å². The quantitative estimate of drug-likeness (QED) is 0.0467. The van der Waals surface area contributed by atoms with Crippen molar-refractivity contribution in [1.82, 2.24) is 10.6 Å². The maximum atomic E-state index is 13.6. The zero-order chi connectivity index (χ0) is 32.3. The summed E-state index contributed by atoms with van der Waals surface area (Å²) in [6.45, 7) is 1.00. The molecule has 4 rings (SSSR count). The highest BCUT2D eigenvalue weighted by Crippen LogP contribution is 2.44. The van der Waals surface area contributed by atoms with Crippen molar-refractivity contribution in [3.05, 3.63) is 88.7 Å². The van der Waals surface area contributed by atoms with E-state index < -0.39 is 46.9 Å². The molecule has 0 bridgehead atoms. The van der Waals surface area contributed by atoms with Crippen LogP contribution in [0.25, 0.3) is 11.1 Å². The summed E-state index contributed by atoms with van der Waals surface area (Å²) in [5.41, 5.74) is 4.59. The molecule has 12 heteroatoms. The van der Waals surface area contributed by atoms with Gasteiger partial charge in [0.05, 0.1) is 0 Å². The van der Waals surface area contributed by atoms with Crippen molar-refractivity contribution in [2.75, 3.05) is 19.7 Å². The minimum atomic E-state index is -2.34. The molecule has 0 radical (unpaired) electrons. The lowest BCUT2D eigenvalue weighted by Crippen LogP contribution is -2.27. The van der Waals surface area contributed by atoms with Crippen molar-refractivity contribution in [3.63, 3.8) is 0 Å². The number of fused-ring (bicyclic) bond motifs is 3. The second kappa shape index (κ2) is 16.0. The van der Waals surface area contributed by atoms with Crippen molar-refractivity contribution in [2.24, 2.45) is 0 Å². The van der Waals surface area contributed by atoms with E-state index in [0.717, 1.165) is 28.7 Å². The molecular formula is C33H33F5N2O5. The largest absolute Gasteiger partial charge is 0.449 e. The Kier molecular flexibility index (Phi) is 11.9. The Morgan fingerprint density at radius 1 is 0.622 bits per heavy atom. The number of hydrogen-bond donors (Lipinski definition) is 2. The van der Waals surface area contributed by atoms with Gasteiger partial charge in [-0.1, -0.05) is 61.4 Å². The molecule has 0 atom stereocenters. The van der Waals surface area contributed by atoms with Gasteiger partial charge in [0, 0.05) is 31.8 Å². The highest BCUT2D eigenvalue weighted by molar-refractivity contribution is 5.79. The highest BCUT2D eigenvalue weighted by Gasteiger charge is 2.30. The van der Waals surface area contributed by atoms with Crippen LogP contribution in [0.2, 0.25) is 0 Å². The molecule has 0 spiro atoms. The maximum Gasteiger partial charge on any atom is 0.407 e. The number of unbranched alkanes of at least 4 members (excludes halogenated alkanes) is 4. The van der Waals surface area contributed by atoms with Crippen LogP contribution in [0.1, 0.15) is 68.4 Å². The summed E-state index contributed by atoms with van der Waals surface area (Å²) >= 11 is 0. The van der Waals surface area contributed by atoms with Crippen molar-refractivity contribution in [1.29, 1.82) is 0 Å². The SMILES string of the molecule is O=C(CCCCCNC(=O)OCC1c2ccccc2-c2ccccc21)NCCCCCC(=O)Oc1c(F)c(F)c(F)c(F)c1F. The first-order chi connectivity index (χ1) is 21.7. The van der Waals surface area contributed by atoms with Gasteiger partial charge in [0.25, 0.3) is 0 Å². The number of alkyl carbamates (subject to hydrolysis) is 1. The summed E-state index contributed by atoms with van der Waals surface area (Å²) < 4.78 is 76.5. The average molecular weight is 633 g/mol. The predicted octanol–water partition coefficient (Wildman–Crippen LogP) is 7.06. The fraction of sp³-hybridized carbons (Fsp3) is 0.364. The number of rotatable bonds is 15. The molecule has 7 nitrogen and oxygen atoms in total. The summed E-state index contributed by atoms with van der Waals surface area (Å²) in [7, 11) is 0. The van der Waals surface area contributed by atoms with Gasteiger partial charge in [-0.15, -0.1) is 0 Å². The van der Waals surface area contributed by atoms with E-state index >= 15 is 0 Å². The van der Waals surface area contributed by atoms with E-state index in [4.69, 9.17) is 4.74 Å². The summed E-state index contributed by atoms with van der Waals surface area (Å²) in [6, 6.07) is 16.2. The van der Waals surface area contributed by atoms with Gasteiger partial charge in [0.15, 0.2) is 0 Å². The van der Waals surface area contributed by atoms with Crippen LogP contribution in [0.5, 0.6) is 5.75 Å². The number of amides is 2. The smallest absolute Gasteiger partial charge is 0.407 e. The molecule has 1 aliphatic carbocycles. The summed E-state index contributed by atoms with van der Waals surface area (Å²) in [5, 5.41) is 5.50. The van der Waals surface area contributed by atoms with Crippen LogP contribution >= 0.6 is 0 Å². The number of benzene rings is 3. The number of esters is 1. The maximum absolute atomic E-state index is 13.6. The number of halogens is 5. The second-order valence-corrected chi connectivity index (χ2v) is 10.6. The molecule has 45 heavy (non-hydrogen) atoms. The molecule has 240 valence electrons. The molecule has 0 heterocycles. The lowest BCUT2D eigenvalue weighted by atomic mass is 9.98. The molecular weight excluding hydrogens is 599 g/mol. The Hall–Kier alpha value is -4.48. The second-order valence-electron chi connectivity index (χ2n) is 10.6. The molecule has 0 aromatic heterocycles. The molecule has 0 saturated carbocycles. The van der Waals surface area contributed by atoms with E-state index in [2.05, 4.69) is 39.6 Å². The van der Waals surface area contributed by atoms with Crippen LogP contribution in [-0.4, -0.2) is 37.7 Å². The first-order valence-electron chi connectivity index (χ1n) is 14.8. The minimum absolute atomic E-state index is 0.0119. The number of carbonyl (C=O) groups excluding carboxylic acids is 3. The zero-order valence-corrected chi connectivity index (χ0v) is 24.4. The molecule has 3 aromatic rings. The summed E-state index contributed by atoms with van der Waals surface area (Å²) in [6.07, 6.45) is 2.72. The van der Waals surface area contributed by atoms with Crippen molar-refractivity contribution in [2.45, 2.75) is 57.3 Å². The molecule has 0 aliphatic heterocycles. The topological polar surface area (TPSA) is 93.7 Å². The van der Waals surface area contributed by atoms with Gasteiger partial charge < -0.3 is 20.1 Å². The van der Waals surface area contributed by atoms with Gasteiger partial charge in [0.2, 0.25) is 40.7 Å². The van der Waals surface area contributed by atoms with E-state index in [0.29, 0.717) is 45.2 Å². The van der Waals surface area contributed by atoms with Crippen LogP contribution in [-0.2, 0) is 14.3 Å². The number of ether oxygens (including phenoxy) is 2. The van der Waals surface area contributed by atoms with Crippen LogP contribution < -0.4 is 15.4 Å². The van der Waals surface area contributed by atoms with Crippen LogP contribution in [0.3, 0.4) is 0 Å². The number of hydrogen-bond acceptors (Lipinski definition) is 5. The van der Waals surface area contributed by atoms with Gasteiger partial charge >= 0.3 is 12.1 Å². The molecule has 0 unspecified atom stereocenters. The molecule has 3 aromatic carbocycles. The standard InChI is InChI=1S/C33H33F5N2O5/c34-27-28(35)30(37)32(31(38)29(27)36)45-26(42)16-4-2-9-17-39-25(41)15-3-1-10-18-40-33(43)44-19-24-22-13-7-5-11-20(22)21-12-6-8-14-23(21)24/h5-8,11-14,24H,1-4,9-10,15-19H2,(H,39,41)(H,40,43). The van der Waals surface area contributed by atoms with E-state index in [-0.39, 0.29) is 31.3 Å². The van der Waals surface area contributed by atoms with Gasteiger partial charge in [-0.2, -0.15) is 8.78 Å². The average Bonchev–Trinajstić information content (AvgIpc) is 3.37. The Morgan fingerprint density at radius 3 is 1.73 bits per heavy atom. The molecule has 0 fully saturated rings. The van der Waals surface area contributed by atoms with Crippen molar-refractivity contribution in [3.8, 4) is 16.9 Å². The van der Waals surface area contributed by atoms with Crippen LogP contribution in [0.15, 0.2) is 48.5 Å². The van der Waals surface area contributed by atoms with Crippen molar-refractivity contribution < 1.29 is 45.8 Å². The predicted molar refractivity (Wildman–Crippen MR) is 155 cm³/mol. The van der Waals surface area contributed by atoms with Crippen LogP contribution in [0.4, 0.5) is 26.7 Å². The first kappa shape index (κ1) is 33.4. The number of carbonyl (C=O) groups is 3. The molecule has 1 aliphatic rings. The molecule has 2 N–H and O–H groups in total. The fourth-order valence-electron chi connectivity index (χ4n) is 5.15. The third-order valence-electron chi connectivity index (χ3n) is 7.46. The third-order valence-corrected chi connectivity index (χ3v) is 7.46. The molecule has 0 saturated heterocycles.